The Bertz CT molecular complexity index is 251. The largest absolute Gasteiger partial charge is 0.450 e. The molecule has 0 spiro atoms. The van der Waals surface area contributed by atoms with Gasteiger partial charge >= 0.3 is 12.5 Å². The number of unbranched alkanes of at least 4 members (excludes halogenated alkanes) is 1. The van der Waals surface area contributed by atoms with E-state index in [0.717, 1.165) is 24.2 Å². The van der Waals surface area contributed by atoms with Gasteiger partial charge in [-0.3, -0.25) is 4.79 Å². The number of hydrogen-bond donors (Lipinski definition) is 0. The molecule has 0 aliphatic rings. The lowest BCUT2D eigenvalue weighted by Crippen LogP contribution is -2.44. The van der Waals surface area contributed by atoms with E-state index in [-0.39, 0.29) is 5.73 Å². The normalized spacial score (nSPS) is 13.0. The highest BCUT2D eigenvalue weighted by atomic mass is 28.3. The average Bonchev–Trinajstić information content (AvgIpc) is 2.25. The first-order valence-corrected chi connectivity index (χ1v) is 9.80. The summed E-state index contributed by atoms with van der Waals surface area (Å²) in [5, 5.41) is 0. The highest BCUT2D eigenvalue weighted by molar-refractivity contribution is 6.77. The molecular formula is C12H24NO3Si. The molecule has 99 valence electrons. The number of rotatable bonds is 7. The predicted molar refractivity (Wildman–Crippen MR) is 71.2 cm³/mol. The quantitative estimate of drug-likeness (QED) is 0.521. The second-order valence-electron chi connectivity index (χ2n) is 5.24. The molecule has 0 aromatic rings. The summed E-state index contributed by atoms with van der Waals surface area (Å²) in [5.74, 6) is 0. The number of carbonyl (C=O) groups is 1. The van der Waals surface area contributed by atoms with Gasteiger partial charge in [0.25, 0.3) is 0 Å². The van der Waals surface area contributed by atoms with Crippen molar-refractivity contribution in [3.05, 3.63) is 0 Å². The number of carbonyl (C=O) groups excluding carboxylic acids is 2. The van der Waals surface area contributed by atoms with Crippen LogP contribution in [0.2, 0.25) is 19.6 Å². The maximum atomic E-state index is 11.8. The van der Waals surface area contributed by atoms with Crippen LogP contribution in [0.5, 0.6) is 0 Å². The van der Waals surface area contributed by atoms with E-state index in [9.17, 15) is 9.59 Å². The molecule has 0 fully saturated rings. The van der Waals surface area contributed by atoms with Gasteiger partial charge in [0.2, 0.25) is 0 Å². The van der Waals surface area contributed by atoms with Gasteiger partial charge in [0, 0.05) is 6.54 Å². The Kier molecular flexibility index (Phi) is 7.11. The van der Waals surface area contributed by atoms with Gasteiger partial charge in [0.05, 0.1) is 13.8 Å². The average molecular weight is 258 g/mol. The summed E-state index contributed by atoms with van der Waals surface area (Å²) in [4.78, 5) is 23.4. The van der Waals surface area contributed by atoms with Crippen LogP contribution in [0.4, 0.5) is 4.79 Å². The van der Waals surface area contributed by atoms with E-state index in [1.807, 2.05) is 13.8 Å². The molecule has 1 unspecified atom stereocenters. The maximum Gasteiger partial charge on any atom is 0.416 e. The SMILES string of the molecule is CCCCN([C]=O)C(=O)OC(CC)[Si](C)(C)C. The van der Waals surface area contributed by atoms with Crippen LogP contribution in [-0.4, -0.2) is 37.7 Å². The Morgan fingerprint density at radius 3 is 2.29 bits per heavy atom. The summed E-state index contributed by atoms with van der Waals surface area (Å²) in [5.41, 5.74) is -0.0486. The second-order valence-corrected chi connectivity index (χ2v) is 10.6. The topological polar surface area (TPSA) is 46.6 Å². The Morgan fingerprint density at radius 2 is 1.94 bits per heavy atom. The van der Waals surface area contributed by atoms with Crippen molar-refractivity contribution >= 4 is 20.6 Å². The zero-order valence-electron chi connectivity index (χ0n) is 11.6. The minimum Gasteiger partial charge on any atom is -0.450 e. The van der Waals surface area contributed by atoms with Crippen molar-refractivity contribution in [3.63, 3.8) is 0 Å². The lowest BCUT2D eigenvalue weighted by atomic mass is 10.3. The molecule has 5 heteroatoms. The van der Waals surface area contributed by atoms with Crippen LogP contribution >= 0.6 is 0 Å². The molecule has 4 nitrogen and oxygen atoms in total. The van der Waals surface area contributed by atoms with Gasteiger partial charge in [-0.25, -0.2) is 9.69 Å². The number of hydrogen-bond acceptors (Lipinski definition) is 3. The van der Waals surface area contributed by atoms with Gasteiger partial charge in [0.1, 0.15) is 0 Å². The minimum absolute atomic E-state index is 0.0486. The Hall–Kier alpha value is -0.843. The fraction of sp³-hybridized carbons (Fsp3) is 0.833. The molecule has 1 radical (unpaired) electrons. The summed E-state index contributed by atoms with van der Waals surface area (Å²) in [6.45, 7) is 10.8. The van der Waals surface area contributed by atoms with Crippen molar-refractivity contribution in [3.8, 4) is 0 Å². The molecule has 0 aromatic carbocycles. The van der Waals surface area contributed by atoms with Gasteiger partial charge in [-0.2, -0.15) is 0 Å². The maximum absolute atomic E-state index is 11.8. The highest BCUT2D eigenvalue weighted by Gasteiger charge is 2.30. The van der Waals surface area contributed by atoms with Crippen molar-refractivity contribution in [2.75, 3.05) is 6.54 Å². The van der Waals surface area contributed by atoms with Crippen LogP contribution in [0.1, 0.15) is 33.1 Å². The summed E-state index contributed by atoms with van der Waals surface area (Å²) in [6, 6.07) is 0. The van der Waals surface area contributed by atoms with Gasteiger partial charge in [0.15, 0.2) is 0 Å². The van der Waals surface area contributed by atoms with Crippen LogP contribution in [0.25, 0.3) is 0 Å². The zero-order valence-corrected chi connectivity index (χ0v) is 12.6. The number of ether oxygens (including phenoxy) is 1. The van der Waals surface area contributed by atoms with Gasteiger partial charge < -0.3 is 4.74 Å². The lowest BCUT2D eigenvalue weighted by molar-refractivity contribution is 0.103. The van der Waals surface area contributed by atoms with Crippen molar-refractivity contribution < 1.29 is 14.3 Å². The fourth-order valence-corrected chi connectivity index (χ4v) is 3.23. The molecule has 17 heavy (non-hydrogen) atoms. The van der Waals surface area contributed by atoms with Crippen molar-refractivity contribution in [1.29, 1.82) is 0 Å². The van der Waals surface area contributed by atoms with Crippen molar-refractivity contribution in [1.82, 2.24) is 4.90 Å². The number of imide groups is 1. The Labute approximate surface area is 105 Å². The first-order chi connectivity index (χ1) is 7.86. The smallest absolute Gasteiger partial charge is 0.416 e. The molecule has 0 heterocycles. The van der Waals surface area contributed by atoms with Crippen LogP contribution < -0.4 is 0 Å². The van der Waals surface area contributed by atoms with Crippen molar-refractivity contribution in [2.24, 2.45) is 0 Å². The van der Waals surface area contributed by atoms with Gasteiger partial charge in [-0.15, -0.1) is 0 Å². The molecule has 0 saturated carbocycles. The molecule has 0 N–H and O–H groups in total. The highest BCUT2D eigenvalue weighted by Crippen LogP contribution is 2.16. The van der Waals surface area contributed by atoms with Crippen LogP contribution in [0.15, 0.2) is 0 Å². The summed E-state index contributed by atoms with van der Waals surface area (Å²) in [6.07, 6.45) is 3.60. The van der Waals surface area contributed by atoms with Gasteiger partial charge in [-0.1, -0.05) is 39.9 Å². The summed E-state index contributed by atoms with van der Waals surface area (Å²) in [7, 11) is -1.54. The van der Waals surface area contributed by atoms with E-state index in [4.69, 9.17) is 4.74 Å². The van der Waals surface area contributed by atoms with Crippen LogP contribution in [0.3, 0.4) is 0 Å². The Balaban J connectivity index is 4.42. The molecule has 0 saturated heterocycles. The second kappa shape index (κ2) is 7.48. The molecule has 1 atom stereocenters. The monoisotopic (exact) mass is 258 g/mol. The third-order valence-electron chi connectivity index (χ3n) is 2.65. The summed E-state index contributed by atoms with van der Waals surface area (Å²) >= 11 is 0. The third kappa shape index (κ3) is 5.86. The van der Waals surface area contributed by atoms with Crippen LogP contribution in [-0.2, 0) is 9.53 Å². The molecule has 0 aliphatic heterocycles. The zero-order chi connectivity index (χ0) is 13.5. The Morgan fingerprint density at radius 1 is 1.35 bits per heavy atom. The van der Waals surface area contributed by atoms with Gasteiger partial charge in [-0.05, 0) is 12.8 Å². The summed E-state index contributed by atoms with van der Waals surface area (Å²) < 4.78 is 5.40. The van der Waals surface area contributed by atoms with Crippen molar-refractivity contribution in [2.45, 2.75) is 58.5 Å². The molecular weight excluding hydrogens is 234 g/mol. The minimum atomic E-state index is -1.54. The molecule has 2 amide bonds. The first-order valence-electron chi connectivity index (χ1n) is 6.22. The van der Waals surface area contributed by atoms with Crippen LogP contribution in [0, 0.1) is 0 Å². The molecule has 0 rings (SSSR count). The standard InChI is InChI=1S/C12H24NO3Si/c1-6-8-9-13(10-14)12(15)16-11(7-2)17(3,4)5/h11H,6-9H2,1-5H3. The van der Waals surface area contributed by atoms with E-state index >= 15 is 0 Å². The number of nitrogens with zero attached hydrogens (tertiary/aromatic N) is 1. The number of amides is 2. The van der Waals surface area contributed by atoms with E-state index in [1.165, 1.54) is 0 Å². The first kappa shape index (κ1) is 16.2. The van der Waals surface area contributed by atoms with E-state index in [0.29, 0.717) is 6.54 Å². The van der Waals surface area contributed by atoms with E-state index in [2.05, 4.69) is 19.6 Å². The predicted octanol–water partition coefficient (Wildman–Crippen LogP) is 2.95. The molecule has 0 bridgehead atoms. The van der Waals surface area contributed by atoms with E-state index in [1.54, 1.807) is 6.41 Å². The fourth-order valence-electron chi connectivity index (χ4n) is 1.55. The molecule has 0 aliphatic carbocycles. The van der Waals surface area contributed by atoms with E-state index < -0.39 is 14.2 Å². The third-order valence-corrected chi connectivity index (χ3v) is 5.10. The lowest BCUT2D eigenvalue weighted by Gasteiger charge is -2.28. The molecule has 0 aromatic heterocycles.